The van der Waals surface area contributed by atoms with E-state index in [1.807, 2.05) is 60.7 Å². The van der Waals surface area contributed by atoms with Gasteiger partial charge in [0.2, 0.25) is 0 Å². The molecule has 0 radical (unpaired) electrons. The highest BCUT2D eigenvalue weighted by Crippen LogP contribution is 2.39. The van der Waals surface area contributed by atoms with Crippen LogP contribution in [0.5, 0.6) is 0 Å². The summed E-state index contributed by atoms with van der Waals surface area (Å²) in [5.41, 5.74) is 10.5. The lowest BCUT2D eigenvalue weighted by molar-refractivity contribution is 0.0589. The Bertz CT molecular complexity index is 2450. The predicted molar refractivity (Wildman–Crippen MR) is 215 cm³/mol. The molecule has 0 saturated heterocycles. The molecule has 0 aliphatic rings. The van der Waals surface area contributed by atoms with Gasteiger partial charge in [0.05, 0.1) is 31.0 Å². The first-order valence-corrected chi connectivity index (χ1v) is 19.4. The molecule has 0 amide bonds. The Morgan fingerprint density at radius 1 is 0.586 bits per heavy atom. The van der Waals surface area contributed by atoms with Crippen molar-refractivity contribution in [2.45, 2.75) is 34.1 Å². The van der Waals surface area contributed by atoms with Crippen LogP contribution in [0.4, 0.5) is 27.6 Å². The van der Waals surface area contributed by atoms with Crippen molar-refractivity contribution in [2.24, 2.45) is 5.11 Å². The van der Waals surface area contributed by atoms with Gasteiger partial charge in [-0.05, 0) is 52.1 Å². The van der Waals surface area contributed by atoms with Crippen LogP contribution in [0.3, 0.4) is 0 Å². The number of esters is 2. The van der Waals surface area contributed by atoms with Gasteiger partial charge in [-0.25, -0.2) is 31.5 Å². The first kappa shape index (κ1) is 43.1. The fraction of sp³-hybridized carbons (Fsp3) is 0.136. The number of azide groups is 1. The minimum absolute atomic E-state index is 0.000892. The summed E-state index contributed by atoms with van der Waals surface area (Å²) in [4.78, 5) is 27.6. The number of hydrogen-bond donors (Lipinski definition) is 0. The fourth-order valence-corrected chi connectivity index (χ4v) is 7.63. The standard InChI is InChI=1S/C22H17F3O2S.C22H17F2N3O2S/c1-27-22(26)17-12-19(28-13-14-7-3-2-4-8-14)21(25)20(24)16(17)11-15-9-5-6-10-18(15)23;1-29-22(28)17-12-19(30-13-14-7-3-2-4-8-14)21(26-27-25)20(24)16(17)11-15-9-5-6-10-18(15)23/h2-10,12H,11,13H2,1H3;2-10,12H,11,13H2,1H3. The number of carbonyl (C=O) groups is 2. The van der Waals surface area contributed by atoms with Crippen molar-refractivity contribution < 1.29 is 41.0 Å². The highest BCUT2D eigenvalue weighted by atomic mass is 32.2. The Morgan fingerprint density at radius 2 is 1.00 bits per heavy atom. The summed E-state index contributed by atoms with van der Waals surface area (Å²) < 4.78 is 82.6. The van der Waals surface area contributed by atoms with E-state index in [2.05, 4.69) is 10.0 Å². The zero-order valence-electron chi connectivity index (χ0n) is 31.1. The van der Waals surface area contributed by atoms with Crippen LogP contribution in [0.15, 0.2) is 136 Å². The quantitative estimate of drug-likeness (QED) is 0.0287. The van der Waals surface area contributed by atoms with Crippen LogP contribution in [-0.4, -0.2) is 26.2 Å². The van der Waals surface area contributed by atoms with E-state index >= 15 is 4.39 Å². The Kier molecular flexibility index (Phi) is 15.5. The molecule has 0 fully saturated rings. The van der Waals surface area contributed by atoms with Crippen LogP contribution in [-0.2, 0) is 33.8 Å². The second-order valence-electron chi connectivity index (χ2n) is 12.3. The molecule has 0 bridgehead atoms. The van der Waals surface area contributed by atoms with Crippen LogP contribution in [0.25, 0.3) is 10.4 Å². The summed E-state index contributed by atoms with van der Waals surface area (Å²) >= 11 is 2.31. The largest absolute Gasteiger partial charge is 0.465 e. The summed E-state index contributed by atoms with van der Waals surface area (Å²) in [5, 5.41) is 3.51. The van der Waals surface area contributed by atoms with Gasteiger partial charge in [0.1, 0.15) is 17.5 Å². The number of carbonyl (C=O) groups excluding carboxylic acids is 2. The van der Waals surface area contributed by atoms with E-state index in [1.165, 1.54) is 67.4 Å². The van der Waals surface area contributed by atoms with E-state index in [-0.39, 0.29) is 56.8 Å². The number of methoxy groups -OCH3 is 2. The van der Waals surface area contributed by atoms with Gasteiger partial charge in [0.15, 0.2) is 11.6 Å². The van der Waals surface area contributed by atoms with Crippen molar-refractivity contribution >= 4 is 41.1 Å². The molecule has 0 aliphatic heterocycles. The maximum atomic E-state index is 15.4. The van der Waals surface area contributed by atoms with Crippen LogP contribution in [0, 0.1) is 29.1 Å². The SMILES string of the molecule is COC(=O)c1cc(SCc2ccccc2)c(F)c(F)c1Cc1ccccc1F.COC(=O)c1cc(SCc2ccccc2)c(N=[N+]=[N-])c(F)c1Cc1ccccc1F. The van der Waals surface area contributed by atoms with E-state index < -0.39 is 41.0 Å². The molecule has 0 heterocycles. The molecule has 6 rings (SSSR count). The molecule has 0 unspecified atom stereocenters. The van der Waals surface area contributed by atoms with Crippen molar-refractivity contribution in [2.75, 3.05) is 14.2 Å². The average molecular weight is 828 g/mol. The predicted octanol–water partition coefficient (Wildman–Crippen LogP) is 12.3. The number of ether oxygens (including phenoxy) is 2. The lowest BCUT2D eigenvalue weighted by Crippen LogP contribution is -2.11. The topological polar surface area (TPSA) is 101 Å². The first-order valence-electron chi connectivity index (χ1n) is 17.4. The lowest BCUT2D eigenvalue weighted by atomic mass is 9.98. The highest BCUT2D eigenvalue weighted by molar-refractivity contribution is 7.98. The summed E-state index contributed by atoms with van der Waals surface area (Å²) in [5.74, 6) is -4.84. The van der Waals surface area contributed by atoms with Gasteiger partial charge >= 0.3 is 11.9 Å². The molecule has 14 heteroatoms. The number of thioether (sulfide) groups is 2. The maximum Gasteiger partial charge on any atom is 0.338 e. The van der Waals surface area contributed by atoms with Gasteiger partial charge in [-0.1, -0.05) is 102 Å². The van der Waals surface area contributed by atoms with Gasteiger partial charge in [-0.3, -0.25) is 0 Å². The van der Waals surface area contributed by atoms with Gasteiger partial charge in [-0.15, -0.1) is 23.5 Å². The monoisotopic (exact) mass is 827 g/mol. The molecule has 0 saturated carbocycles. The minimum atomic E-state index is -1.17. The van der Waals surface area contributed by atoms with E-state index in [0.29, 0.717) is 16.4 Å². The third-order valence-corrected chi connectivity index (χ3v) is 10.8. The van der Waals surface area contributed by atoms with Gasteiger partial charge in [0.25, 0.3) is 0 Å². The second-order valence-corrected chi connectivity index (χ2v) is 14.4. The fourth-order valence-electron chi connectivity index (χ4n) is 5.71. The Balaban J connectivity index is 0.000000221. The molecule has 296 valence electrons. The van der Waals surface area contributed by atoms with E-state index in [9.17, 15) is 27.2 Å². The molecule has 0 aliphatic carbocycles. The molecule has 0 spiro atoms. The molecule has 6 aromatic rings. The third kappa shape index (κ3) is 10.9. The zero-order chi connectivity index (χ0) is 41.6. The van der Waals surface area contributed by atoms with Crippen molar-refractivity contribution in [3.05, 3.63) is 205 Å². The van der Waals surface area contributed by atoms with E-state index in [0.717, 1.165) is 30.0 Å². The molecule has 0 N–H and O–H groups in total. The van der Waals surface area contributed by atoms with Crippen molar-refractivity contribution in [1.29, 1.82) is 0 Å². The summed E-state index contributed by atoms with van der Waals surface area (Å²) in [6.07, 6.45) is -0.454. The van der Waals surface area contributed by atoms with Gasteiger partial charge in [-0.2, -0.15) is 0 Å². The molecular formula is C44H34F5N3O4S2. The van der Waals surface area contributed by atoms with Gasteiger partial charge < -0.3 is 9.47 Å². The van der Waals surface area contributed by atoms with Crippen LogP contribution in [0.1, 0.15) is 54.1 Å². The van der Waals surface area contributed by atoms with Crippen LogP contribution >= 0.6 is 23.5 Å². The number of hydrogen-bond acceptors (Lipinski definition) is 7. The summed E-state index contributed by atoms with van der Waals surface area (Å²) in [6, 6.07) is 33.1. The summed E-state index contributed by atoms with van der Waals surface area (Å²) in [6.45, 7) is 0. The Labute approximate surface area is 339 Å². The zero-order valence-corrected chi connectivity index (χ0v) is 32.7. The van der Waals surface area contributed by atoms with Crippen LogP contribution in [0.2, 0.25) is 0 Å². The summed E-state index contributed by atoms with van der Waals surface area (Å²) in [7, 11) is 2.35. The normalized spacial score (nSPS) is 10.5. The number of nitrogens with zero attached hydrogens (tertiary/aromatic N) is 3. The highest BCUT2D eigenvalue weighted by Gasteiger charge is 2.25. The second kappa shape index (κ2) is 20.9. The number of halogens is 5. The molecule has 7 nitrogen and oxygen atoms in total. The Hall–Kier alpha value is -6.08. The van der Waals surface area contributed by atoms with Crippen LogP contribution < -0.4 is 0 Å². The third-order valence-electron chi connectivity index (χ3n) is 8.66. The average Bonchev–Trinajstić information content (AvgIpc) is 3.25. The minimum Gasteiger partial charge on any atom is -0.465 e. The molecule has 0 aromatic heterocycles. The smallest absolute Gasteiger partial charge is 0.338 e. The first-order chi connectivity index (χ1) is 28.1. The molecule has 58 heavy (non-hydrogen) atoms. The van der Waals surface area contributed by atoms with E-state index in [4.69, 9.17) is 15.0 Å². The van der Waals surface area contributed by atoms with E-state index in [1.54, 1.807) is 12.1 Å². The van der Waals surface area contributed by atoms with Gasteiger partial charge in [0, 0.05) is 50.2 Å². The Morgan fingerprint density at radius 3 is 1.45 bits per heavy atom. The molecule has 0 atom stereocenters. The number of benzene rings is 6. The molecule has 6 aromatic carbocycles. The maximum absolute atomic E-state index is 15.4. The number of rotatable bonds is 13. The van der Waals surface area contributed by atoms with Crippen molar-refractivity contribution in [3.63, 3.8) is 0 Å². The molecular weight excluding hydrogens is 794 g/mol. The lowest BCUT2D eigenvalue weighted by Gasteiger charge is -2.15. The van der Waals surface area contributed by atoms with Crippen molar-refractivity contribution in [3.8, 4) is 0 Å². The van der Waals surface area contributed by atoms with Crippen molar-refractivity contribution in [1.82, 2.24) is 0 Å².